The summed E-state index contributed by atoms with van der Waals surface area (Å²) in [7, 11) is 3.84. The predicted octanol–water partition coefficient (Wildman–Crippen LogP) is 2.52. The highest BCUT2D eigenvalue weighted by Crippen LogP contribution is 2.36. The SMILES string of the molecule is CC1=CCC[C@H](C)[C@H]1CNC[C@@H]1CC(=O)N(C)[C@H]1c1cnn(C)c1. The molecule has 5 nitrogen and oxygen atoms in total. The standard InChI is InChI=1S/C19H30N4O/c1-13-6-5-7-14(2)17(13)11-20-9-15-8-18(24)23(4)19(15)16-10-21-22(3)12-16/h6,10,12,14-15,17,19-20H,5,7-9,11H2,1-4H3/t14-,15-,17-,19+/m0/s1. The zero-order chi connectivity index (χ0) is 17.3. The maximum absolute atomic E-state index is 12.2. The van der Waals surface area contributed by atoms with Crippen molar-refractivity contribution in [1.82, 2.24) is 20.0 Å². The zero-order valence-corrected chi connectivity index (χ0v) is 15.3. The van der Waals surface area contributed by atoms with E-state index in [-0.39, 0.29) is 11.9 Å². The van der Waals surface area contributed by atoms with Crippen LogP contribution in [0, 0.1) is 17.8 Å². The molecule has 0 aromatic carbocycles. The second kappa shape index (κ2) is 7.09. The Kier molecular flexibility index (Phi) is 5.09. The quantitative estimate of drug-likeness (QED) is 0.844. The third-order valence-electron chi connectivity index (χ3n) is 5.89. The van der Waals surface area contributed by atoms with Gasteiger partial charge in [0.2, 0.25) is 5.91 Å². The summed E-state index contributed by atoms with van der Waals surface area (Å²) in [5.74, 6) is 1.92. The van der Waals surface area contributed by atoms with E-state index in [1.165, 1.54) is 18.4 Å². The van der Waals surface area contributed by atoms with Gasteiger partial charge >= 0.3 is 0 Å². The Morgan fingerprint density at radius 2 is 2.12 bits per heavy atom. The average Bonchev–Trinajstić information content (AvgIpc) is 3.06. The molecule has 1 fully saturated rings. The number of aromatic nitrogens is 2. The minimum atomic E-state index is 0.138. The highest BCUT2D eigenvalue weighted by Gasteiger charge is 2.38. The molecule has 5 heteroatoms. The van der Waals surface area contributed by atoms with E-state index in [0.717, 1.165) is 24.6 Å². The number of amides is 1. The van der Waals surface area contributed by atoms with Crippen molar-refractivity contribution < 1.29 is 4.79 Å². The fraction of sp³-hybridized carbons (Fsp3) is 0.684. The lowest BCUT2D eigenvalue weighted by atomic mass is 9.80. The zero-order valence-electron chi connectivity index (χ0n) is 15.3. The number of hydrogen-bond acceptors (Lipinski definition) is 3. The fourth-order valence-corrected chi connectivity index (χ4v) is 4.39. The molecule has 2 aliphatic rings. The highest BCUT2D eigenvalue weighted by molar-refractivity contribution is 5.79. The molecule has 1 aromatic heterocycles. The van der Waals surface area contributed by atoms with Gasteiger partial charge in [0, 0.05) is 51.3 Å². The maximum atomic E-state index is 12.2. The van der Waals surface area contributed by atoms with Crippen molar-refractivity contribution in [3.63, 3.8) is 0 Å². The van der Waals surface area contributed by atoms with Gasteiger partial charge in [0.05, 0.1) is 12.2 Å². The molecule has 4 atom stereocenters. The molecule has 1 aliphatic carbocycles. The molecule has 0 saturated carbocycles. The molecule has 0 bridgehead atoms. The number of rotatable bonds is 5. The average molecular weight is 330 g/mol. The Hall–Kier alpha value is -1.62. The second-order valence-corrected chi connectivity index (χ2v) is 7.63. The molecule has 1 N–H and O–H groups in total. The van der Waals surface area contributed by atoms with Crippen LogP contribution < -0.4 is 5.32 Å². The van der Waals surface area contributed by atoms with Gasteiger partial charge in [0.1, 0.15) is 0 Å². The first-order valence-electron chi connectivity index (χ1n) is 9.09. The van der Waals surface area contributed by atoms with Crippen LogP contribution >= 0.6 is 0 Å². The summed E-state index contributed by atoms with van der Waals surface area (Å²) in [6.07, 6.45) is 9.43. The molecule has 1 amide bonds. The van der Waals surface area contributed by atoms with Crippen LogP contribution in [-0.2, 0) is 11.8 Å². The molecule has 1 saturated heterocycles. The summed E-state index contributed by atoms with van der Waals surface area (Å²) in [6.45, 7) is 6.51. The summed E-state index contributed by atoms with van der Waals surface area (Å²) >= 11 is 0. The van der Waals surface area contributed by atoms with Crippen LogP contribution in [-0.4, -0.2) is 40.7 Å². The number of allylic oxidation sites excluding steroid dienone is 1. The molecule has 2 heterocycles. The van der Waals surface area contributed by atoms with Gasteiger partial charge in [-0.3, -0.25) is 9.48 Å². The topological polar surface area (TPSA) is 50.2 Å². The first-order chi connectivity index (χ1) is 11.5. The molecule has 3 rings (SSSR count). The maximum Gasteiger partial charge on any atom is 0.223 e. The molecule has 1 aromatic rings. The van der Waals surface area contributed by atoms with Gasteiger partial charge in [-0.25, -0.2) is 0 Å². The van der Waals surface area contributed by atoms with Crippen LogP contribution in [0.15, 0.2) is 24.0 Å². The lowest BCUT2D eigenvalue weighted by Gasteiger charge is -2.30. The number of aryl methyl sites for hydroxylation is 1. The summed E-state index contributed by atoms with van der Waals surface area (Å²) in [5, 5.41) is 7.94. The first kappa shape index (κ1) is 17.2. The lowest BCUT2D eigenvalue weighted by Crippen LogP contribution is -2.34. The van der Waals surface area contributed by atoms with E-state index in [2.05, 4.69) is 30.3 Å². The van der Waals surface area contributed by atoms with Crippen LogP contribution in [0.3, 0.4) is 0 Å². The van der Waals surface area contributed by atoms with Gasteiger partial charge in [0.15, 0.2) is 0 Å². The van der Waals surface area contributed by atoms with Gasteiger partial charge in [-0.1, -0.05) is 18.6 Å². The van der Waals surface area contributed by atoms with Crippen LogP contribution in [0.4, 0.5) is 0 Å². The van der Waals surface area contributed by atoms with Gasteiger partial charge in [-0.2, -0.15) is 5.10 Å². The Balaban J connectivity index is 1.62. The molecule has 0 unspecified atom stereocenters. The molecule has 24 heavy (non-hydrogen) atoms. The molecule has 1 aliphatic heterocycles. The van der Waals surface area contributed by atoms with Crippen molar-refractivity contribution in [2.24, 2.45) is 24.8 Å². The van der Waals surface area contributed by atoms with Crippen molar-refractivity contribution >= 4 is 5.91 Å². The Labute approximate surface area is 145 Å². The molecular formula is C19H30N4O. The van der Waals surface area contributed by atoms with E-state index in [4.69, 9.17) is 0 Å². The Bertz CT molecular complexity index is 621. The third-order valence-corrected chi connectivity index (χ3v) is 5.89. The Morgan fingerprint density at radius 3 is 2.79 bits per heavy atom. The van der Waals surface area contributed by atoms with E-state index in [9.17, 15) is 4.79 Å². The van der Waals surface area contributed by atoms with Crippen LogP contribution in [0.2, 0.25) is 0 Å². The van der Waals surface area contributed by atoms with Gasteiger partial charge in [0.25, 0.3) is 0 Å². The number of carbonyl (C=O) groups is 1. The van der Waals surface area contributed by atoms with Crippen molar-refractivity contribution in [2.75, 3.05) is 20.1 Å². The van der Waals surface area contributed by atoms with Crippen LogP contribution in [0.25, 0.3) is 0 Å². The normalized spacial score (nSPS) is 30.8. The number of hydrogen-bond donors (Lipinski definition) is 1. The lowest BCUT2D eigenvalue weighted by molar-refractivity contribution is -0.127. The summed E-state index contributed by atoms with van der Waals surface area (Å²) < 4.78 is 1.81. The minimum Gasteiger partial charge on any atom is -0.338 e. The van der Waals surface area contributed by atoms with Gasteiger partial charge < -0.3 is 10.2 Å². The van der Waals surface area contributed by atoms with E-state index in [1.807, 2.05) is 36.1 Å². The van der Waals surface area contributed by atoms with E-state index < -0.39 is 0 Å². The largest absolute Gasteiger partial charge is 0.338 e. The van der Waals surface area contributed by atoms with E-state index >= 15 is 0 Å². The number of likely N-dealkylation sites (tertiary alicyclic amines) is 1. The molecule has 0 radical (unpaired) electrons. The van der Waals surface area contributed by atoms with Crippen molar-refractivity contribution in [2.45, 2.75) is 39.2 Å². The van der Waals surface area contributed by atoms with Gasteiger partial charge in [-0.05, 0) is 31.6 Å². The summed E-state index contributed by atoms with van der Waals surface area (Å²) in [5.41, 5.74) is 2.66. The summed E-state index contributed by atoms with van der Waals surface area (Å²) in [4.78, 5) is 14.1. The van der Waals surface area contributed by atoms with Crippen molar-refractivity contribution in [3.05, 3.63) is 29.6 Å². The smallest absolute Gasteiger partial charge is 0.223 e. The van der Waals surface area contributed by atoms with E-state index in [1.54, 1.807) is 0 Å². The molecular weight excluding hydrogens is 300 g/mol. The van der Waals surface area contributed by atoms with Crippen LogP contribution in [0.1, 0.15) is 44.7 Å². The van der Waals surface area contributed by atoms with Crippen molar-refractivity contribution in [1.29, 1.82) is 0 Å². The third kappa shape index (κ3) is 3.41. The van der Waals surface area contributed by atoms with Crippen molar-refractivity contribution in [3.8, 4) is 0 Å². The summed E-state index contributed by atoms with van der Waals surface area (Å²) in [6, 6.07) is 0.138. The Morgan fingerprint density at radius 1 is 1.33 bits per heavy atom. The minimum absolute atomic E-state index is 0.138. The molecule has 0 spiro atoms. The monoisotopic (exact) mass is 330 g/mol. The van der Waals surface area contributed by atoms with Crippen LogP contribution in [0.5, 0.6) is 0 Å². The second-order valence-electron chi connectivity index (χ2n) is 7.63. The molecule has 132 valence electrons. The predicted molar refractivity (Wildman–Crippen MR) is 95.3 cm³/mol. The number of nitrogens with one attached hydrogen (secondary N) is 1. The fourth-order valence-electron chi connectivity index (χ4n) is 4.39. The highest BCUT2D eigenvalue weighted by atomic mass is 16.2. The first-order valence-corrected chi connectivity index (χ1v) is 9.09. The number of carbonyl (C=O) groups excluding carboxylic acids is 1. The number of nitrogens with zero attached hydrogens (tertiary/aromatic N) is 3. The van der Waals surface area contributed by atoms with Gasteiger partial charge in [-0.15, -0.1) is 0 Å². The van der Waals surface area contributed by atoms with E-state index in [0.29, 0.717) is 18.3 Å².